The third-order valence-corrected chi connectivity index (χ3v) is 3.53. The molecule has 0 aromatic heterocycles. The number of hydrogen-bond donors (Lipinski definition) is 1. The fourth-order valence-electron chi connectivity index (χ4n) is 2.66. The molecule has 1 unspecified atom stereocenters. The first kappa shape index (κ1) is 11.4. The Balaban J connectivity index is 1.61. The molecule has 2 fully saturated rings. The molecule has 1 saturated carbocycles. The Morgan fingerprint density at radius 3 is 2.60 bits per heavy atom. The van der Waals surface area contributed by atoms with Crippen molar-refractivity contribution in [1.29, 1.82) is 0 Å². The minimum Gasteiger partial charge on any atom is -0.379 e. The summed E-state index contributed by atoms with van der Waals surface area (Å²) < 4.78 is 5.35. The normalized spacial score (nSPS) is 34.8. The van der Waals surface area contributed by atoms with E-state index in [2.05, 4.69) is 24.1 Å². The third-order valence-electron chi connectivity index (χ3n) is 3.53. The minimum absolute atomic E-state index is 0.626. The second kappa shape index (κ2) is 5.28. The summed E-state index contributed by atoms with van der Waals surface area (Å²) in [6.45, 7) is 9.85. The summed E-state index contributed by atoms with van der Waals surface area (Å²) in [4.78, 5) is 2.50. The molecule has 0 aromatic rings. The predicted octanol–water partition coefficient (Wildman–Crippen LogP) is 1.10. The van der Waals surface area contributed by atoms with Gasteiger partial charge >= 0.3 is 0 Å². The molecule has 1 N–H and O–H groups in total. The molecule has 1 atom stereocenters. The van der Waals surface area contributed by atoms with Gasteiger partial charge in [-0.2, -0.15) is 0 Å². The van der Waals surface area contributed by atoms with Crippen LogP contribution in [0, 0.1) is 5.92 Å². The number of nitrogens with zero attached hydrogens (tertiary/aromatic N) is 1. The molecule has 1 aliphatic heterocycles. The molecule has 0 bridgehead atoms. The van der Waals surface area contributed by atoms with Gasteiger partial charge in [0.05, 0.1) is 13.2 Å². The molecule has 1 saturated heterocycles. The van der Waals surface area contributed by atoms with Crippen molar-refractivity contribution in [2.45, 2.75) is 38.8 Å². The van der Waals surface area contributed by atoms with Crippen LogP contribution in [0.1, 0.15) is 26.7 Å². The van der Waals surface area contributed by atoms with Gasteiger partial charge in [0.2, 0.25) is 0 Å². The molecular formula is C12H24N2O. The molecule has 0 spiro atoms. The van der Waals surface area contributed by atoms with Crippen molar-refractivity contribution < 1.29 is 4.74 Å². The van der Waals surface area contributed by atoms with Crippen LogP contribution in [0.3, 0.4) is 0 Å². The van der Waals surface area contributed by atoms with Gasteiger partial charge in [-0.25, -0.2) is 0 Å². The summed E-state index contributed by atoms with van der Waals surface area (Å²) in [6, 6.07) is 1.41. The van der Waals surface area contributed by atoms with Gasteiger partial charge in [0.1, 0.15) is 0 Å². The Hall–Kier alpha value is -0.120. The van der Waals surface area contributed by atoms with Crippen molar-refractivity contribution >= 4 is 0 Å². The Morgan fingerprint density at radius 2 is 2.00 bits per heavy atom. The summed E-state index contributed by atoms with van der Waals surface area (Å²) in [5.41, 5.74) is 0. The second-order valence-corrected chi connectivity index (χ2v) is 5.25. The van der Waals surface area contributed by atoms with Gasteiger partial charge in [0, 0.05) is 31.7 Å². The van der Waals surface area contributed by atoms with Crippen molar-refractivity contribution in [1.82, 2.24) is 10.2 Å². The zero-order valence-electron chi connectivity index (χ0n) is 10.0. The average Bonchev–Trinajstić information content (AvgIpc) is 2.17. The third kappa shape index (κ3) is 3.44. The highest BCUT2D eigenvalue weighted by Gasteiger charge is 2.26. The number of nitrogens with one attached hydrogen (secondary N) is 1. The SMILES string of the molecule is CC1CC(NC(C)CN2CCOCC2)C1. The van der Waals surface area contributed by atoms with E-state index in [1.807, 2.05) is 0 Å². The van der Waals surface area contributed by atoms with E-state index in [0.29, 0.717) is 6.04 Å². The van der Waals surface area contributed by atoms with Gasteiger partial charge in [0.15, 0.2) is 0 Å². The molecule has 2 rings (SSSR count). The van der Waals surface area contributed by atoms with E-state index in [4.69, 9.17) is 4.74 Å². The molecule has 15 heavy (non-hydrogen) atoms. The van der Waals surface area contributed by atoms with Crippen molar-refractivity contribution in [3.05, 3.63) is 0 Å². The summed E-state index contributed by atoms with van der Waals surface area (Å²) in [5.74, 6) is 0.943. The molecule has 3 heteroatoms. The van der Waals surface area contributed by atoms with E-state index in [9.17, 15) is 0 Å². The van der Waals surface area contributed by atoms with Gasteiger partial charge in [-0.05, 0) is 25.7 Å². The molecule has 0 amide bonds. The number of ether oxygens (including phenoxy) is 1. The fraction of sp³-hybridized carbons (Fsp3) is 1.00. The van der Waals surface area contributed by atoms with Crippen LogP contribution < -0.4 is 5.32 Å². The molecule has 1 aliphatic carbocycles. The van der Waals surface area contributed by atoms with Crippen LogP contribution in [0.15, 0.2) is 0 Å². The number of morpholine rings is 1. The Labute approximate surface area is 93.2 Å². The highest BCUT2D eigenvalue weighted by atomic mass is 16.5. The monoisotopic (exact) mass is 212 g/mol. The Morgan fingerprint density at radius 1 is 1.33 bits per heavy atom. The molecule has 0 aromatic carbocycles. The van der Waals surface area contributed by atoms with Gasteiger partial charge in [-0.3, -0.25) is 4.90 Å². The van der Waals surface area contributed by atoms with Crippen LogP contribution in [-0.4, -0.2) is 49.8 Å². The smallest absolute Gasteiger partial charge is 0.0594 e. The largest absolute Gasteiger partial charge is 0.379 e. The standard InChI is InChI=1S/C12H24N2O/c1-10-7-12(8-10)13-11(2)9-14-3-5-15-6-4-14/h10-13H,3-9H2,1-2H3. The van der Waals surface area contributed by atoms with E-state index in [1.54, 1.807) is 0 Å². The molecule has 2 aliphatic rings. The Kier molecular flexibility index (Phi) is 4.00. The fourth-order valence-corrected chi connectivity index (χ4v) is 2.66. The second-order valence-electron chi connectivity index (χ2n) is 5.25. The maximum atomic E-state index is 5.35. The lowest BCUT2D eigenvalue weighted by molar-refractivity contribution is 0.0327. The lowest BCUT2D eigenvalue weighted by Gasteiger charge is -2.37. The molecule has 3 nitrogen and oxygen atoms in total. The maximum absolute atomic E-state index is 5.35. The van der Waals surface area contributed by atoms with Gasteiger partial charge < -0.3 is 10.1 Å². The van der Waals surface area contributed by atoms with E-state index in [0.717, 1.165) is 38.3 Å². The summed E-state index contributed by atoms with van der Waals surface area (Å²) in [6.07, 6.45) is 2.74. The Bertz CT molecular complexity index is 186. The van der Waals surface area contributed by atoms with Crippen molar-refractivity contribution in [2.75, 3.05) is 32.8 Å². The van der Waals surface area contributed by atoms with Gasteiger partial charge in [-0.15, -0.1) is 0 Å². The highest BCUT2D eigenvalue weighted by molar-refractivity contribution is 4.85. The summed E-state index contributed by atoms with van der Waals surface area (Å²) in [7, 11) is 0. The topological polar surface area (TPSA) is 24.5 Å². The first-order chi connectivity index (χ1) is 7.24. The summed E-state index contributed by atoms with van der Waals surface area (Å²) >= 11 is 0. The number of hydrogen-bond acceptors (Lipinski definition) is 3. The van der Waals surface area contributed by atoms with Crippen LogP contribution in [-0.2, 0) is 4.74 Å². The lowest BCUT2D eigenvalue weighted by Crippen LogP contribution is -2.50. The minimum atomic E-state index is 0.626. The van der Waals surface area contributed by atoms with E-state index in [-0.39, 0.29) is 0 Å². The quantitative estimate of drug-likeness (QED) is 0.755. The first-order valence-corrected chi connectivity index (χ1v) is 6.30. The maximum Gasteiger partial charge on any atom is 0.0594 e. The van der Waals surface area contributed by atoms with Crippen LogP contribution in [0.25, 0.3) is 0 Å². The van der Waals surface area contributed by atoms with Crippen molar-refractivity contribution in [2.24, 2.45) is 5.92 Å². The average molecular weight is 212 g/mol. The van der Waals surface area contributed by atoms with Crippen LogP contribution in [0.2, 0.25) is 0 Å². The van der Waals surface area contributed by atoms with E-state index in [1.165, 1.54) is 19.4 Å². The van der Waals surface area contributed by atoms with Gasteiger partial charge in [0.25, 0.3) is 0 Å². The zero-order chi connectivity index (χ0) is 10.7. The van der Waals surface area contributed by atoms with Crippen LogP contribution in [0.5, 0.6) is 0 Å². The van der Waals surface area contributed by atoms with Gasteiger partial charge in [-0.1, -0.05) is 6.92 Å². The van der Waals surface area contributed by atoms with Crippen LogP contribution in [0.4, 0.5) is 0 Å². The highest BCUT2D eigenvalue weighted by Crippen LogP contribution is 2.26. The molecular weight excluding hydrogens is 188 g/mol. The zero-order valence-corrected chi connectivity index (χ0v) is 10.0. The van der Waals surface area contributed by atoms with Crippen molar-refractivity contribution in [3.63, 3.8) is 0 Å². The van der Waals surface area contributed by atoms with E-state index >= 15 is 0 Å². The predicted molar refractivity (Wildman–Crippen MR) is 62.0 cm³/mol. The molecule has 0 radical (unpaired) electrons. The van der Waals surface area contributed by atoms with Crippen LogP contribution >= 0.6 is 0 Å². The number of rotatable bonds is 4. The molecule has 88 valence electrons. The summed E-state index contributed by atoms with van der Waals surface area (Å²) in [5, 5.41) is 3.71. The van der Waals surface area contributed by atoms with Crippen molar-refractivity contribution in [3.8, 4) is 0 Å². The first-order valence-electron chi connectivity index (χ1n) is 6.30. The lowest BCUT2D eigenvalue weighted by atomic mass is 9.81. The molecule has 1 heterocycles. The van der Waals surface area contributed by atoms with E-state index < -0.39 is 0 Å².